The summed E-state index contributed by atoms with van der Waals surface area (Å²) < 4.78 is 28.8. The number of fused-ring (bicyclic) bond motifs is 1. The summed E-state index contributed by atoms with van der Waals surface area (Å²) in [5.74, 6) is 0. The van der Waals surface area contributed by atoms with E-state index in [1.165, 1.54) is 0 Å². The van der Waals surface area contributed by atoms with Crippen LogP contribution in [0.2, 0.25) is 0 Å². The summed E-state index contributed by atoms with van der Waals surface area (Å²) in [6.07, 6.45) is 1.58. The molecule has 4 heteroatoms. The summed E-state index contributed by atoms with van der Waals surface area (Å²) in [6, 6.07) is 13.7. The standard InChI is InChI=1S/C17H20O3S/c1-17(2,3)13-20-21(18,19)12-11-15-9-6-8-14-7-4-5-10-16(14)15/h4-12H,13H2,1-3H3/b12-11+. The van der Waals surface area contributed by atoms with Gasteiger partial charge in [0.15, 0.2) is 0 Å². The highest BCUT2D eigenvalue weighted by Gasteiger charge is 2.15. The SMILES string of the molecule is CC(C)(C)COS(=O)(=O)/C=C/c1cccc2ccccc12. The molecule has 0 fully saturated rings. The Hall–Kier alpha value is -1.65. The summed E-state index contributed by atoms with van der Waals surface area (Å²) in [7, 11) is -3.66. The lowest BCUT2D eigenvalue weighted by molar-refractivity contribution is 0.206. The minimum Gasteiger partial charge on any atom is -0.266 e. The normalized spacial score (nSPS) is 13.1. The minimum absolute atomic E-state index is 0.162. The maximum absolute atomic E-state index is 11.9. The Labute approximate surface area is 126 Å². The smallest absolute Gasteiger partial charge is 0.266 e. The second kappa shape index (κ2) is 6.00. The molecule has 2 aromatic rings. The van der Waals surface area contributed by atoms with Crippen molar-refractivity contribution in [3.63, 3.8) is 0 Å². The van der Waals surface area contributed by atoms with Gasteiger partial charge in [-0.05, 0) is 27.8 Å². The third-order valence-electron chi connectivity index (χ3n) is 2.89. The first-order chi connectivity index (χ1) is 9.77. The maximum atomic E-state index is 11.9. The van der Waals surface area contributed by atoms with Crippen LogP contribution in [0.1, 0.15) is 26.3 Å². The summed E-state index contributed by atoms with van der Waals surface area (Å²) >= 11 is 0. The Balaban J connectivity index is 2.23. The van der Waals surface area contributed by atoms with Crippen molar-refractivity contribution < 1.29 is 12.6 Å². The molecule has 0 heterocycles. The van der Waals surface area contributed by atoms with Gasteiger partial charge in [0, 0.05) is 0 Å². The van der Waals surface area contributed by atoms with Crippen LogP contribution in [-0.2, 0) is 14.3 Å². The molecule has 112 valence electrons. The van der Waals surface area contributed by atoms with Gasteiger partial charge in [0.25, 0.3) is 10.1 Å². The second-order valence-corrected chi connectivity index (χ2v) is 7.68. The molecule has 0 spiro atoms. The molecule has 2 rings (SSSR count). The summed E-state index contributed by atoms with van der Waals surface area (Å²) in [5, 5.41) is 3.22. The fourth-order valence-electron chi connectivity index (χ4n) is 1.85. The number of benzene rings is 2. The van der Waals surface area contributed by atoms with Gasteiger partial charge >= 0.3 is 0 Å². The zero-order valence-electron chi connectivity index (χ0n) is 12.5. The second-order valence-electron chi connectivity index (χ2n) is 6.19. The number of rotatable bonds is 4. The first kappa shape index (κ1) is 15.7. The van der Waals surface area contributed by atoms with Crippen molar-refractivity contribution in [1.82, 2.24) is 0 Å². The van der Waals surface area contributed by atoms with Crippen molar-refractivity contribution in [2.75, 3.05) is 6.61 Å². The summed E-state index contributed by atoms with van der Waals surface area (Å²) in [6.45, 7) is 5.94. The van der Waals surface area contributed by atoms with Gasteiger partial charge in [-0.2, -0.15) is 8.42 Å². The van der Waals surface area contributed by atoms with E-state index in [0.29, 0.717) is 0 Å². The van der Waals surface area contributed by atoms with E-state index in [1.807, 2.05) is 63.2 Å². The zero-order valence-corrected chi connectivity index (χ0v) is 13.4. The molecule has 0 saturated carbocycles. The molecule has 3 nitrogen and oxygen atoms in total. The van der Waals surface area contributed by atoms with E-state index in [4.69, 9.17) is 4.18 Å². The van der Waals surface area contributed by atoms with Crippen LogP contribution in [0.4, 0.5) is 0 Å². The largest absolute Gasteiger partial charge is 0.290 e. The van der Waals surface area contributed by atoms with E-state index < -0.39 is 10.1 Å². The van der Waals surface area contributed by atoms with Gasteiger partial charge in [0.1, 0.15) is 0 Å². The predicted octanol–water partition coefficient (Wildman–Crippen LogP) is 4.20. The van der Waals surface area contributed by atoms with Crippen LogP contribution in [0.3, 0.4) is 0 Å². The first-order valence-electron chi connectivity index (χ1n) is 6.82. The maximum Gasteiger partial charge on any atom is 0.290 e. The molecule has 0 aliphatic rings. The Kier molecular flexibility index (Phi) is 4.49. The van der Waals surface area contributed by atoms with Gasteiger partial charge in [-0.15, -0.1) is 0 Å². The van der Waals surface area contributed by atoms with Gasteiger partial charge in [0.2, 0.25) is 0 Å². The molecule has 0 amide bonds. The molecule has 0 bridgehead atoms. The molecule has 0 unspecified atom stereocenters. The predicted molar refractivity (Wildman–Crippen MR) is 87.3 cm³/mol. The van der Waals surface area contributed by atoms with E-state index >= 15 is 0 Å². The van der Waals surface area contributed by atoms with Gasteiger partial charge in [0.05, 0.1) is 12.0 Å². The van der Waals surface area contributed by atoms with Crippen LogP contribution in [0, 0.1) is 5.41 Å². The van der Waals surface area contributed by atoms with Crippen LogP contribution in [0.25, 0.3) is 16.8 Å². The Morgan fingerprint density at radius 3 is 2.43 bits per heavy atom. The molecule has 2 aromatic carbocycles. The third kappa shape index (κ3) is 4.69. The van der Waals surface area contributed by atoms with E-state index in [2.05, 4.69) is 0 Å². The zero-order chi connectivity index (χ0) is 15.5. The van der Waals surface area contributed by atoms with Gasteiger partial charge in [-0.25, -0.2) is 0 Å². The third-order valence-corrected chi connectivity index (χ3v) is 3.81. The quantitative estimate of drug-likeness (QED) is 0.795. The molecule has 0 aliphatic carbocycles. The monoisotopic (exact) mass is 304 g/mol. The van der Waals surface area contributed by atoms with Crippen molar-refractivity contribution >= 4 is 27.0 Å². The highest BCUT2D eigenvalue weighted by Crippen LogP contribution is 2.20. The van der Waals surface area contributed by atoms with E-state index in [0.717, 1.165) is 21.7 Å². The Morgan fingerprint density at radius 1 is 1.05 bits per heavy atom. The Morgan fingerprint density at radius 2 is 1.71 bits per heavy atom. The minimum atomic E-state index is -3.66. The fourth-order valence-corrected chi connectivity index (χ4v) is 2.76. The lowest BCUT2D eigenvalue weighted by Gasteiger charge is -2.16. The molecule has 21 heavy (non-hydrogen) atoms. The molecule has 0 aromatic heterocycles. The topological polar surface area (TPSA) is 43.4 Å². The summed E-state index contributed by atoms with van der Waals surface area (Å²) in [4.78, 5) is 0. The van der Waals surface area contributed by atoms with Crippen molar-refractivity contribution in [2.24, 2.45) is 5.41 Å². The molecular weight excluding hydrogens is 284 g/mol. The number of hydrogen-bond acceptors (Lipinski definition) is 3. The molecule has 0 aliphatic heterocycles. The summed E-state index contributed by atoms with van der Waals surface area (Å²) in [5.41, 5.74) is 0.663. The van der Waals surface area contributed by atoms with Crippen LogP contribution in [0.5, 0.6) is 0 Å². The average molecular weight is 304 g/mol. The Bertz CT molecular complexity index is 748. The lowest BCUT2D eigenvalue weighted by atomic mass is 9.99. The van der Waals surface area contributed by atoms with E-state index in [9.17, 15) is 8.42 Å². The molecule has 0 N–H and O–H groups in total. The molecule has 0 saturated heterocycles. The molecule has 0 atom stereocenters. The van der Waals surface area contributed by atoms with Crippen LogP contribution >= 0.6 is 0 Å². The van der Waals surface area contributed by atoms with Crippen molar-refractivity contribution in [1.29, 1.82) is 0 Å². The number of hydrogen-bond donors (Lipinski definition) is 0. The van der Waals surface area contributed by atoms with E-state index in [1.54, 1.807) is 6.08 Å². The van der Waals surface area contributed by atoms with Crippen molar-refractivity contribution in [2.45, 2.75) is 20.8 Å². The van der Waals surface area contributed by atoms with Crippen molar-refractivity contribution in [3.8, 4) is 0 Å². The van der Waals surface area contributed by atoms with Crippen LogP contribution < -0.4 is 0 Å². The average Bonchev–Trinajstić information content (AvgIpc) is 2.42. The molecule has 0 radical (unpaired) electrons. The van der Waals surface area contributed by atoms with E-state index in [-0.39, 0.29) is 12.0 Å². The first-order valence-corrected chi connectivity index (χ1v) is 8.29. The highest BCUT2D eigenvalue weighted by molar-refractivity contribution is 7.89. The molecular formula is C17H20O3S. The lowest BCUT2D eigenvalue weighted by Crippen LogP contribution is -2.17. The van der Waals surface area contributed by atoms with Crippen LogP contribution in [0.15, 0.2) is 47.9 Å². The van der Waals surface area contributed by atoms with Crippen LogP contribution in [-0.4, -0.2) is 15.0 Å². The van der Waals surface area contributed by atoms with Gasteiger partial charge < -0.3 is 0 Å². The van der Waals surface area contributed by atoms with Crippen molar-refractivity contribution in [3.05, 3.63) is 53.4 Å². The fraction of sp³-hybridized carbons (Fsp3) is 0.294. The van der Waals surface area contributed by atoms with Gasteiger partial charge in [-0.1, -0.05) is 63.2 Å². The van der Waals surface area contributed by atoms with Gasteiger partial charge in [-0.3, -0.25) is 4.18 Å². The highest BCUT2D eigenvalue weighted by atomic mass is 32.2.